The number of likely N-dealkylation sites (N-methyl/N-ethyl adjacent to an activating group) is 1. The maximum absolute atomic E-state index is 12.7. The maximum Gasteiger partial charge on any atom is 0.522 e. The summed E-state index contributed by atoms with van der Waals surface area (Å²) in [6, 6.07) is 5.96. The zero-order valence-electron chi connectivity index (χ0n) is 16.2. The van der Waals surface area contributed by atoms with Gasteiger partial charge in [-0.15, -0.1) is 18.3 Å². The third-order valence-corrected chi connectivity index (χ3v) is 4.26. The molecule has 1 aliphatic rings. The lowest BCUT2D eigenvalue weighted by Crippen LogP contribution is -2.46. The minimum absolute atomic E-state index is 0.0775. The molecular weight excluding hydrogens is 427 g/mol. The fraction of sp³-hybridized carbons (Fsp3) is 0.444. The molecule has 0 bridgehead atoms. The van der Waals surface area contributed by atoms with E-state index in [2.05, 4.69) is 14.9 Å². The van der Waals surface area contributed by atoms with E-state index in [4.69, 9.17) is 18.6 Å². The van der Waals surface area contributed by atoms with Crippen LogP contribution >= 0.6 is 0 Å². The molecule has 3 rings (SSSR count). The molecule has 168 valence electrons. The average molecular weight is 445 g/mol. The molecule has 0 N–H and O–H groups in total. The highest BCUT2D eigenvalue weighted by atomic mass is 19.4. The first-order chi connectivity index (χ1) is 14.8. The summed E-state index contributed by atoms with van der Waals surface area (Å²) in [6.45, 7) is -1.04. The summed E-state index contributed by atoms with van der Waals surface area (Å²) in [4.78, 5) is 25.2. The van der Waals surface area contributed by atoms with Crippen LogP contribution < -0.4 is 4.74 Å². The van der Waals surface area contributed by atoms with Crippen LogP contribution in [0, 0.1) is 0 Å². The van der Waals surface area contributed by atoms with Crippen LogP contribution in [0.5, 0.6) is 6.08 Å². The first-order valence-corrected chi connectivity index (χ1v) is 9.00. The number of aromatic nitrogens is 2. The number of rotatable bonds is 8. The molecule has 2 aromatic rings. The second kappa shape index (κ2) is 9.85. The third kappa shape index (κ3) is 5.99. The van der Waals surface area contributed by atoms with E-state index in [-0.39, 0.29) is 42.2 Å². The number of alkyl halides is 3. The van der Waals surface area contributed by atoms with E-state index in [9.17, 15) is 22.8 Å². The number of carbonyl (C=O) groups is 2. The monoisotopic (exact) mass is 445 g/mol. The number of nitrogens with zero attached hydrogens (tertiary/aromatic N) is 3. The lowest BCUT2D eigenvalue weighted by molar-refractivity contribution is -0.325. The molecule has 0 spiro atoms. The molecule has 31 heavy (non-hydrogen) atoms. The first-order valence-electron chi connectivity index (χ1n) is 9.00. The Morgan fingerprint density at radius 1 is 1.23 bits per heavy atom. The molecule has 0 unspecified atom stereocenters. The van der Waals surface area contributed by atoms with Crippen molar-refractivity contribution in [2.24, 2.45) is 0 Å². The number of ether oxygens (including phenoxy) is 4. The lowest BCUT2D eigenvalue weighted by atomic mass is 10.1. The number of halogens is 3. The van der Waals surface area contributed by atoms with Gasteiger partial charge in [0.1, 0.15) is 6.61 Å². The Kier molecular flexibility index (Phi) is 7.20. The standard InChI is InChI=1S/C18H18F3N3O7/c1-24(15(26)13-5-3-2-4-11(13)8-25)12-9-28-16(29-10-12)14-22-23-17(31-14)27-6-7-30-18(19,20)21/h2-5,8,12,16H,6-7,9-10H2,1H3/t12-,16-. The second-order valence-electron chi connectivity index (χ2n) is 6.32. The number of carbonyl (C=O) groups excluding carboxylic acids is 2. The SMILES string of the molecule is CN(C(=O)c1ccccc1C=O)[C@H]1CO[C@H](c2nnc(OCCOC(F)(F)F)o2)OC1. The third-order valence-electron chi connectivity index (χ3n) is 4.26. The van der Waals surface area contributed by atoms with Crippen molar-refractivity contribution in [3.63, 3.8) is 0 Å². The molecule has 1 aromatic carbocycles. The minimum atomic E-state index is -4.76. The van der Waals surface area contributed by atoms with E-state index in [1.54, 1.807) is 31.3 Å². The van der Waals surface area contributed by atoms with Crippen LogP contribution in [-0.4, -0.2) is 73.2 Å². The molecule has 1 saturated heterocycles. The van der Waals surface area contributed by atoms with Crippen LogP contribution in [0.1, 0.15) is 32.9 Å². The molecule has 0 atom stereocenters. The Morgan fingerprint density at radius 2 is 1.94 bits per heavy atom. The topological polar surface area (TPSA) is 113 Å². The van der Waals surface area contributed by atoms with Gasteiger partial charge >= 0.3 is 12.4 Å². The Bertz CT molecular complexity index is 898. The maximum atomic E-state index is 12.7. The van der Waals surface area contributed by atoms with Gasteiger partial charge in [-0.25, -0.2) is 0 Å². The summed E-state index contributed by atoms with van der Waals surface area (Å²) in [5.41, 5.74) is 0.532. The smallest absolute Gasteiger partial charge is 0.447 e. The van der Waals surface area contributed by atoms with Gasteiger partial charge in [-0.3, -0.25) is 14.3 Å². The summed E-state index contributed by atoms with van der Waals surface area (Å²) in [5, 5.41) is 7.20. The molecule has 2 heterocycles. The molecule has 0 radical (unpaired) electrons. The minimum Gasteiger partial charge on any atom is -0.447 e. The Labute approximate surface area is 173 Å². The van der Waals surface area contributed by atoms with Crippen molar-refractivity contribution in [3.8, 4) is 6.08 Å². The zero-order chi connectivity index (χ0) is 22.4. The summed E-state index contributed by atoms with van der Waals surface area (Å²) < 4.78 is 60.3. The van der Waals surface area contributed by atoms with Crippen LogP contribution in [0.25, 0.3) is 0 Å². The zero-order valence-corrected chi connectivity index (χ0v) is 16.2. The van der Waals surface area contributed by atoms with Crippen LogP contribution in [0.4, 0.5) is 13.2 Å². The highest BCUT2D eigenvalue weighted by Crippen LogP contribution is 2.26. The summed E-state index contributed by atoms with van der Waals surface area (Å²) in [5.74, 6) is -0.460. The molecule has 1 fully saturated rings. The first kappa shape index (κ1) is 22.7. The lowest BCUT2D eigenvalue weighted by Gasteiger charge is -2.33. The van der Waals surface area contributed by atoms with Crippen molar-refractivity contribution in [2.45, 2.75) is 18.7 Å². The van der Waals surface area contributed by atoms with Crippen molar-refractivity contribution in [1.29, 1.82) is 0 Å². The van der Waals surface area contributed by atoms with E-state index >= 15 is 0 Å². The number of benzene rings is 1. The number of hydrogen-bond acceptors (Lipinski definition) is 9. The van der Waals surface area contributed by atoms with Gasteiger partial charge in [-0.05, 0) is 6.07 Å². The Hall–Kier alpha value is -3.03. The van der Waals surface area contributed by atoms with Crippen LogP contribution in [0.15, 0.2) is 28.7 Å². The fourth-order valence-corrected chi connectivity index (χ4v) is 2.67. The van der Waals surface area contributed by atoms with E-state index < -0.39 is 31.9 Å². The number of hydrogen-bond donors (Lipinski definition) is 0. The molecule has 13 heteroatoms. The van der Waals surface area contributed by atoms with Gasteiger partial charge in [0.2, 0.25) is 6.29 Å². The summed E-state index contributed by atoms with van der Waals surface area (Å²) in [6.07, 6.45) is -5.55. The number of aldehydes is 1. The van der Waals surface area contributed by atoms with Gasteiger partial charge in [-0.1, -0.05) is 23.3 Å². The number of amides is 1. The molecule has 1 aromatic heterocycles. The van der Waals surface area contributed by atoms with Crippen LogP contribution in [0.2, 0.25) is 0 Å². The molecule has 1 aliphatic heterocycles. The molecule has 10 nitrogen and oxygen atoms in total. The Morgan fingerprint density at radius 3 is 2.61 bits per heavy atom. The normalized spacial score (nSPS) is 19.1. The van der Waals surface area contributed by atoms with E-state index in [1.807, 2.05) is 0 Å². The van der Waals surface area contributed by atoms with Crippen LogP contribution in [-0.2, 0) is 14.2 Å². The van der Waals surface area contributed by atoms with Crippen molar-refractivity contribution in [2.75, 3.05) is 33.5 Å². The molecular formula is C18H18F3N3O7. The average Bonchev–Trinajstić information content (AvgIpc) is 3.24. The predicted molar refractivity (Wildman–Crippen MR) is 94.2 cm³/mol. The molecule has 0 saturated carbocycles. The van der Waals surface area contributed by atoms with Gasteiger partial charge in [-0.2, -0.15) is 0 Å². The Balaban J connectivity index is 1.50. The predicted octanol–water partition coefficient (Wildman–Crippen LogP) is 1.98. The highest BCUT2D eigenvalue weighted by molar-refractivity contribution is 6.01. The van der Waals surface area contributed by atoms with Crippen molar-refractivity contribution in [3.05, 3.63) is 41.3 Å². The van der Waals surface area contributed by atoms with Gasteiger partial charge in [0.25, 0.3) is 11.8 Å². The van der Waals surface area contributed by atoms with Crippen LogP contribution in [0.3, 0.4) is 0 Å². The van der Waals surface area contributed by atoms with Gasteiger partial charge in [0.15, 0.2) is 6.29 Å². The van der Waals surface area contributed by atoms with Gasteiger partial charge in [0.05, 0.1) is 31.4 Å². The summed E-state index contributed by atoms with van der Waals surface area (Å²) in [7, 11) is 1.56. The van der Waals surface area contributed by atoms with Crippen molar-refractivity contribution in [1.82, 2.24) is 15.1 Å². The van der Waals surface area contributed by atoms with Crippen molar-refractivity contribution >= 4 is 12.2 Å². The van der Waals surface area contributed by atoms with E-state index in [0.717, 1.165) is 0 Å². The van der Waals surface area contributed by atoms with Crippen molar-refractivity contribution < 1.29 is 46.1 Å². The van der Waals surface area contributed by atoms with Gasteiger partial charge in [0, 0.05) is 12.6 Å². The van der Waals surface area contributed by atoms with Gasteiger partial charge < -0.3 is 23.5 Å². The molecule has 1 amide bonds. The largest absolute Gasteiger partial charge is 0.522 e. The fourth-order valence-electron chi connectivity index (χ4n) is 2.67. The highest BCUT2D eigenvalue weighted by Gasteiger charge is 2.33. The second-order valence-corrected chi connectivity index (χ2v) is 6.32. The summed E-state index contributed by atoms with van der Waals surface area (Å²) >= 11 is 0. The molecule has 0 aliphatic carbocycles. The van der Waals surface area contributed by atoms with E-state index in [0.29, 0.717) is 6.29 Å². The van der Waals surface area contributed by atoms with E-state index in [1.165, 1.54) is 4.90 Å². The quantitative estimate of drug-likeness (QED) is 0.445.